The molecule has 1 unspecified atom stereocenters. The second kappa shape index (κ2) is 34.2. The summed E-state index contributed by atoms with van der Waals surface area (Å²) < 4.78 is 12.4. The summed E-state index contributed by atoms with van der Waals surface area (Å²) in [4.78, 5) is 0. The minimum atomic E-state index is 0.236. The predicted octanol–water partition coefficient (Wildman–Crippen LogP) is 12.4. The Hall–Kier alpha value is -0.640. The molecular weight excluding hydrogens is 526 g/mol. The van der Waals surface area contributed by atoms with E-state index in [1.807, 2.05) is 0 Å². The molecule has 1 aliphatic heterocycles. The summed E-state index contributed by atoms with van der Waals surface area (Å²) in [5.74, 6) is 0. The molecule has 1 heterocycles. The second-order valence-electron chi connectivity index (χ2n) is 13.4. The molecule has 43 heavy (non-hydrogen) atoms. The van der Waals surface area contributed by atoms with Crippen molar-refractivity contribution >= 4 is 0 Å². The van der Waals surface area contributed by atoms with E-state index in [1.165, 1.54) is 180 Å². The first kappa shape index (κ1) is 40.4. The zero-order valence-electron chi connectivity index (χ0n) is 29.4. The van der Waals surface area contributed by atoms with Crippen molar-refractivity contribution in [3.63, 3.8) is 0 Å². The van der Waals surface area contributed by atoms with Gasteiger partial charge >= 0.3 is 0 Å². The Kier molecular flexibility index (Phi) is 32.2. The zero-order chi connectivity index (χ0) is 30.7. The predicted molar refractivity (Wildman–Crippen MR) is 191 cm³/mol. The van der Waals surface area contributed by atoms with E-state index in [2.05, 4.69) is 43.5 Å². The number of allylic oxidation sites excluding steroid dienone is 4. The summed E-state index contributed by atoms with van der Waals surface area (Å²) in [6.45, 7) is 8.22. The van der Waals surface area contributed by atoms with Crippen molar-refractivity contribution < 1.29 is 9.47 Å². The number of hydrogen-bond acceptors (Lipinski definition) is 3. The van der Waals surface area contributed by atoms with E-state index in [1.54, 1.807) is 0 Å². The van der Waals surface area contributed by atoms with Crippen LogP contribution in [0.1, 0.15) is 194 Å². The van der Waals surface area contributed by atoms with Gasteiger partial charge < -0.3 is 14.8 Å². The van der Waals surface area contributed by atoms with Crippen LogP contribution in [-0.4, -0.2) is 38.5 Å². The Morgan fingerprint density at radius 1 is 0.395 bits per heavy atom. The van der Waals surface area contributed by atoms with Crippen molar-refractivity contribution in [2.24, 2.45) is 0 Å². The maximum absolute atomic E-state index is 6.20. The van der Waals surface area contributed by atoms with E-state index in [0.29, 0.717) is 0 Å². The van der Waals surface area contributed by atoms with Crippen molar-refractivity contribution in [2.45, 2.75) is 206 Å². The van der Waals surface area contributed by atoms with E-state index < -0.39 is 0 Å². The molecule has 3 heteroatoms. The van der Waals surface area contributed by atoms with Gasteiger partial charge in [0.1, 0.15) is 0 Å². The SMILES string of the molecule is CCCCCCCCCCCC=CCCCCCOC1CNC[C@H]1OCCCCCC=CCCCCCCCCCCC. The Morgan fingerprint density at radius 2 is 0.674 bits per heavy atom. The van der Waals surface area contributed by atoms with Crippen LogP contribution in [0.3, 0.4) is 0 Å². The third-order valence-corrected chi connectivity index (χ3v) is 9.08. The van der Waals surface area contributed by atoms with E-state index >= 15 is 0 Å². The lowest BCUT2D eigenvalue weighted by Gasteiger charge is -2.19. The molecule has 0 amide bonds. The summed E-state index contributed by atoms with van der Waals surface area (Å²) in [5.41, 5.74) is 0. The normalized spacial score (nSPS) is 17.3. The molecule has 1 rings (SSSR count). The van der Waals surface area contributed by atoms with Gasteiger partial charge in [-0.2, -0.15) is 0 Å². The molecule has 1 aliphatic rings. The maximum atomic E-state index is 6.20. The smallest absolute Gasteiger partial charge is 0.0973 e. The molecule has 0 aromatic rings. The van der Waals surface area contributed by atoms with Gasteiger partial charge in [0.2, 0.25) is 0 Å². The topological polar surface area (TPSA) is 30.5 Å². The molecule has 0 saturated carbocycles. The quantitative estimate of drug-likeness (QED) is 0.0586. The van der Waals surface area contributed by atoms with Crippen LogP contribution in [0, 0.1) is 0 Å². The Balaban J connectivity index is 1.83. The molecule has 1 N–H and O–H groups in total. The monoisotopic (exact) mass is 604 g/mol. The van der Waals surface area contributed by atoms with Crippen molar-refractivity contribution in [1.82, 2.24) is 5.32 Å². The highest BCUT2D eigenvalue weighted by Gasteiger charge is 2.28. The first-order chi connectivity index (χ1) is 21.4. The van der Waals surface area contributed by atoms with Gasteiger partial charge in [-0.15, -0.1) is 0 Å². The molecule has 0 aromatic carbocycles. The standard InChI is InChI=1S/C40H77NO2/c1-3-5-7-9-11-13-15-17-19-21-23-25-27-29-31-33-35-42-39-37-41-38-40(39)43-36-34-32-30-28-26-24-22-20-18-16-14-12-10-8-6-4-2/h23-26,39-41H,3-22,27-38H2,1-2H3/t39-,40?/m1/s1. The Bertz CT molecular complexity index is 539. The van der Waals surface area contributed by atoms with E-state index in [-0.39, 0.29) is 12.2 Å². The van der Waals surface area contributed by atoms with Gasteiger partial charge in [-0.3, -0.25) is 0 Å². The van der Waals surface area contributed by atoms with Gasteiger partial charge in [-0.1, -0.05) is 154 Å². The van der Waals surface area contributed by atoms with Crippen LogP contribution in [-0.2, 0) is 9.47 Å². The molecule has 0 aromatic heterocycles. The molecule has 254 valence electrons. The number of ether oxygens (including phenoxy) is 2. The van der Waals surface area contributed by atoms with Gasteiger partial charge in [0.15, 0.2) is 0 Å². The molecular formula is C40H77NO2. The maximum Gasteiger partial charge on any atom is 0.0973 e. The van der Waals surface area contributed by atoms with Gasteiger partial charge in [-0.05, 0) is 64.2 Å². The first-order valence-electron chi connectivity index (χ1n) is 19.6. The summed E-state index contributed by atoms with van der Waals surface area (Å²) in [7, 11) is 0. The van der Waals surface area contributed by atoms with Gasteiger partial charge in [-0.25, -0.2) is 0 Å². The number of nitrogens with one attached hydrogen (secondary N) is 1. The second-order valence-corrected chi connectivity index (χ2v) is 13.4. The van der Waals surface area contributed by atoms with Crippen LogP contribution >= 0.6 is 0 Å². The van der Waals surface area contributed by atoms with Gasteiger partial charge in [0.25, 0.3) is 0 Å². The van der Waals surface area contributed by atoms with Crippen molar-refractivity contribution in [1.29, 1.82) is 0 Å². The number of rotatable bonds is 34. The fourth-order valence-electron chi connectivity index (χ4n) is 6.13. The molecule has 0 aliphatic carbocycles. The molecule has 0 bridgehead atoms. The van der Waals surface area contributed by atoms with Gasteiger partial charge in [0, 0.05) is 26.3 Å². The highest BCUT2D eigenvalue weighted by molar-refractivity contribution is 4.84. The van der Waals surface area contributed by atoms with Crippen LogP contribution in [0.4, 0.5) is 0 Å². The molecule has 3 nitrogen and oxygen atoms in total. The van der Waals surface area contributed by atoms with Crippen molar-refractivity contribution in [3.05, 3.63) is 24.3 Å². The van der Waals surface area contributed by atoms with Crippen LogP contribution < -0.4 is 5.32 Å². The Morgan fingerprint density at radius 3 is 1.00 bits per heavy atom. The number of unbranched alkanes of at least 4 members (excludes halogenated alkanes) is 24. The largest absolute Gasteiger partial charge is 0.374 e. The van der Waals surface area contributed by atoms with Crippen LogP contribution in [0.25, 0.3) is 0 Å². The Labute approximate surface area is 270 Å². The first-order valence-corrected chi connectivity index (χ1v) is 19.6. The van der Waals surface area contributed by atoms with Crippen LogP contribution in [0.5, 0.6) is 0 Å². The fraction of sp³-hybridized carbons (Fsp3) is 0.900. The highest BCUT2D eigenvalue weighted by Crippen LogP contribution is 2.14. The third kappa shape index (κ3) is 28.6. The van der Waals surface area contributed by atoms with E-state index in [4.69, 9.17) is 9.47 Å². The molecule has 1 saturated heterocycles. The molecule has 2 atom stereocenters. The lowest BCUT2D eigenvalue weighted by atomic mass is 10.1. The lowest BCUT2D eigenvalue weighted by molar-refractivity contribution is -0.0481. The van der Waals surface area contributed by atoms with Gasteiger partial charge in [0.05, 0.1) is 12.2 Å². The zero-order valence-corrected chi connectivity index (χ0v) is 29.4. The summed E-state index contributed by atoms with van der Waals surface area (Å²) >= 11 is 0. The van der Waals surface area contributed by atoms with Crippen LogP contribution in [0.2, 0.25) is 0 Å². The van der Waals surface area contributed by atoms with E-state index in [0.717, 1.165) is 26.3 Å². The highest BCUT2D eigenvalue weighted by atomic mass is 16.5. The third-order valence-electron chi connectivity index (χ3n) is 9.08. The molecule has 0 spiro atoms. The summed E-state index contributed by atoms with van der Waals surface area (Å²) in [6.07, 6.45) is 48.1. The lowest BCUT2D eigenvalue weighted by Crippen LogP contribution is -2.30. The minimum absolute atomic E-state index is 0.236. The average molecular weight is 604 g/mol. The summed E-state index contributed by atoms with van der Waals surface area (Å²) in [5, 5.41) is 3.47. The van der Waals surface area contributed by atoms with Crippen molar-refractivity contribution in [3.8, 4) is 0 Å². The number of hydrogen-bond donors (Lipinski definition) is 1. The summed E-state index contributed by atoms with van der Waals surface area (Å²) in [6, 6.07) is 0. The average Bonchev–Trinajstić information content (AvgIpc) is 3.47. The minimum Gasteiger partial charge on any atom is -0.374 e. The molecule has 0 radical (unpaired) electrons. The van der Waals surface area contributed by atoms with Crippen molar-refractivity contribution in [2.75, 3.05) is 26.3 Å². The van der Waals surface area contributed by atoms with E-state index in [9.17, 15) is 0 Å². The fourth-order valence-corrected chi connectivity index (χ4v) is 6.13. The molecule has 1 fully saturated rings. The van der Waals surface area contributed by atoms with Crippen LogP contribution in [0.15, 0.2) is 24.3 Å².